The molecule has 0 radical (unpaired) electrons. The number of hydrogen-bond acceptors (Lipinski definition) is 5. The molecule has 1 aromatic carbocycles. The van der Waals surface area contributed by atoms with Gasteiger partial charge in [0.1, 0.15) is 5.65 Å². The minimum absolute atomic E-state index is 0.00795. The van der Waals surface area contributed by atoms with E-state index in [1.165, 1.54) is 0 Å². The van der Waals surface area contributed by atoms with Crippen LogP contribution in [0.5, 0.6) is 0 Å². The molecule has 1 aliphatic carbocycles. The summed E-state index contributed by atoms with van der Waals surface area (Å²) in [7, 11) is 0. The molecule has 0 spiro atoms. The third-order valence-electron chi connectivity index (χ3n) is 5.17. The summed E-state index contributed by atoms with van der Waals surface area (Å²) in [5.74, 6) is 0.509. The van der Waals surface area contributed by atoms with Crippen LogP contribution in [0.25, 0.3) is 21.8 Å². The number of aromatic nitrogens is 3. The van der Waals surface area contributed by atoms with Gasteiger partial charge in [-0.05, 0) is 57.0 Å². The lowest BCUT2D eigenvalue weighted by Crippen LogP contribution is -2.30. The van der Waals surface area contributed by atoms with Gasteiger partial charge in [0, 0.05) is 34.1 Å². The summed E-state index contributed by atoms with van der Waals surface area (Å²) < 4.78 is 1.78. The van der Waals surface area contributed by atoms with Crippen molar-refractivity contribution in [3.63, 3.8) is 0 Å². The highest BCUT2D eigenvalue weighted by atomic mass is 35.5. The van der Waals surface area contributed by atoms with Crippen LogP contribution in [0.1, 0.15) is 45.6 Å². The van der Waals surface area contributed by atoms with Crippen LogP contribution in [0.2, 0.25) is 5.02 Å². The van der Waals surface area contributed by atoms with Gasteiger partial charge in [-0.2, -0.15) is 4.98 Å². The molecule has 1 saturated carbocycles. The summed E-state index contributed by atoms with van der Waals surface area (Å²) in [5.41, 5.74) is 0.546. The Kier molecular flexibility index (Phi) is 4.78. The van der Waals surface area contributed by atoms with Crippen LogP contribution in [0.4, 0.5) is 5.95 Å². The van der Waals surface area contributed by atoms with Crippen molar-refractivity contribution in [2.45, 2.75) is 57.7 Å². The number of nitrogens with one attached hydrogen (secondary N) is 1. The predicted octanol–water partition coefficient (Wildman–Crippen LogP) is 3.89. The van der Waals surface area contributed by atoms with Crippen molar-refractivity contribution in [1.29, 1.82) is 0 Å². The summed E-state index contributed by atoms with van der Waals surface area (Å²) in [6.07, 6.45) is 4.36. The Balaban J connectivity index is 2.00. The number of rotatable bonds is 3. The topological polar surface area (TPSA) is 80.0 Å². The Morgan fingerprint density at radius 2 is 1.93 bits per heavy atom. The van der Waals surface area contributed by atoms with Gasteiger partial charge < -0.3 is 10.4 Å². The van der Waals surface area contributed by atoms with Gasteiger partial charge in [0.15, 0.2) is 0 Å². The number of halogens is 1. The Morgan fingerprint density at radius 3 is 2.63 bits per heavy atom. The molecule has 27 heavy (non-hydrogen) atoms. The smallest absolute Gasteiger partial charge is 0.260 e. The summed E-state index contributed by atoms with van der Waals surface area (Å²) >= 11 is 6.16. The van der Waals surface area contributed by atoms with Gasteiger partial charge in [0.05, 0.1) is 6.10 Å². The predicted molar refractivity (Wildman–Crippen MR) is 109 cm³/mol. The molecule has 4 rings (SSSR count). The lowest BCUT2D eigenvalue weighted by Gasteiger charge is -2.28. The molecule has 0 aliphatic heterocycles. The molecule has 1 aliphatic rings. The van der Waals surface area contributed by atoms with Gasteiger partial charge in [-0.25, -0.2) is 4.98 Å². The molecular weight excluding hydrogens is 364 g/mol. The minimum Gasteiger partial charge on any atom is -0.393 e. The number of anilines is 1. The van der Waals surface area contributed by atoms with E-state index in [9.17, 15) is 9.90 Å². The molecule has 0 bridgehead atoms. The molecule has 0 amide bonds. The first-order chi connectivity index (χ1) is 12.9. The number of aliphatic hydroxyl groups is 1. The van der Waals surface area contributed by atoms with E-state index in [2.05, 4.69) is 15.3 Å². The maximum Gasteiger partial charge on any atom is 0.260 e. The lowest BCUT2D eigenvalue weighted by molar-refractivity contribution is 0.111. The van der Waals surface area contributed by atoms with E-state index in [4.69, 9.17) is 11.6 Å². The van der Waals surface area contributed by atoms with Gasteiger partial charge in [0.25, 0.3) is 5.56 Å². The quantitative estimate of drug-likeness (QED) is 0.667. The molecule has 2 N–H and O–H groups in total. The summed E-state index contributed by atoms with van der Waals surface area (Å²) in [6, 6.07) is 5.55. The molecule has 3 aromatic rings. The van der Waals surface area contributed by atoms with Gasteiger partial charge in [-0.1, -0.05) is 17.7 Å². The fraction of sp³-hybridized carbons (Fsp3) is 0.450. The Morgan fingerprint density at radius 1 is 1.19 bits per heavy atom. The molecule has 142 valence electrons. The van der Waals surface area contributed by atoms with Gasteiger partial charge in [-0.3, -0.25) is 9.36 Å². The van der Waals surface area contributed by atoms with Crippen LogP contribution in [0.3, 0.4) is 0 Å². The first-order valence-electron chi connectivity index (χ1n) is 9.39. The van der Waals surface area contributed by atoms with Crippen molar-refractivity contribution in [2.24, 2.45) is 0 Å². The Hall–Kier alpha value is -2.18. The maximum absolute atomic E-state index is 13.4. The van der Waals surface area contributed by atoms with Crippen LogP contribution < -0.4 is 10.9 Å². The maximum atomic E-state index is 13.4. The van der Waals surface area contributed by atoms with Gasteiger partial charge >= 0.3 is 0 Å². The average molecular weight is 387 g/mol. The zero-order chi connectivity index (χ0) is 19.1. The number of nitrogens with zero attached hydrogens (tertiary/aromatic N) is 3. The van der Waals surface area contributed by atoms with Crippen molar-refractivity contribution in [3.8, 4) is 0 Å². The van der Waals surface area contributed by atoms with Crippen LogP contribution in [0, 0.1) is 0 Å². The normalized spacial score (nSPS) is 20.5. The van der Waals surface area contributed by atoms with E-state index in [0.29, 0.717) is 34.8 Å². The molecule has 2 aromatic heterocycles. The third kappa shape index (κ3) is 3.39. The monoisotopic (exact) mass is 386 g/mol. The van der Waals surface area contributed by atoms with E-state index in [0.717, 1.165) is 23.6 Å². The zero-order valence-corrected chi connectivity index (χ0v) is 16.2. The van der Waals surface area contributed by atoms with E-state index in [1.54, 1.807) is 22.9 Å². The van der Waals surface area contributed by atoms with Crippen LogP contribution in [0.15, 0.2) is 29.2 Å². The van der Waals surface area contributed by atoms with Gasteiger partial charge in [-0.15, -0.1) is 0 Å². The van der Waals surface area contributed by atoms with Gasteiger partial charge in [0.2, 0.25) is 5.95 Å². The molecule has 6 nitrogen and oxygen atoms in total. The average Bonchev–Trinajstić information content (AvgIpc) is 2.63. The van der Waals surface area contributed by atoms with Crippen LogP contribution >= 0.6 is 11.6 Å². The highest BCUT2D eigenvalue weighted by Crippen LogP contribution is 2.32. The summed E-state index contributed by atoms with van der Waals surface area (Å²) in [6.45, 7) is 4.04. The molecule has 0 saturated heterocycles. The first kappa shape index (κ1) is 18.2. The second-order valence-corrected chi connectivity index (χ2v) is 7.99. The molecule has 7 heteroatoms. The minimum atomic E-state index is -0.286. The van der Waals surface area contributed by atoms with E-state index in [1.807, 2.05) is 19.9 Å². The van der Waals surface area contributed by atoms with Crippen molar-refractivity contribution in [3.05, 3.63) is 39.8 Å². The van der Waals surface area contributed by atoms with Crippen molar-refractivity contribution < 1.29 is 5.11 Å². The second kappa shape index (κ2) is 7.09. The SMILES string of the molecule is CC(C)Nc1ncc2c3ccc(Cl)cc3c(=O)n(C3CCC(O)CC3)c2n1. The van der Waals surface area contributed by atoms with Crippen molar-refractivity contribution in [1.82, 2.24) is 14.5 Å². The molecule has 0 atom stereocenters. The van der Waals surface area contributed by atoms with E-state index < -0.39 is 0 Å². The van der Waals surface area contributed by atoms with Crippen LogP contribution in [-0.4, -0.2) is 31.8 Å². The number of aliphatic hydroxyl groups excluding tert-OH is 1. The highest BCUT2D eigenvalue weighted by molar-refractivity contribution is 6.31. The van der Waals surface area contributed by atoms with E-state index in [-0.39, 0.29) is 23.7 Å². The first-order valence-corrected chi connectivity index (χ1v) is 9.77. The molecule has 2 heterocycles. The summed E-state index contributed by atoms with van der Waals surface area (Å²) in [5, 5.41) is 15.8. The largest absolute Gasteiger partial charge is 0.393 e. The fourth-order valence-corrected chi connectivity index (χ4v) is 4.06. The number of benzene rings is 1. The van der Waals surface area contributed by atoms with Crippen LogP contribution in [-0.2, 0) is 0 Å². The lowest BCUT2D eigenvalue weighted by atomic mass is 9.92. The fourth-order valence-electron chi connectivity index (χ4n) is 3.88. The highest BCUT2D eigenvalue weighted by Gasteiger charge is 2.25. The Bertz CT molecular complexity index is 1060. The Labute approximate surface area is 162 Å². The summed E-state index contributed by atoms with van der Waals surface area (Å²) in [4.78, 5) is 22.5. The standard InChI is InChI=1S/C20H23ClN4O2/c1-11(2)23-20-22-10-17-15-8-3-12(21)9-16(15)19(27)25(18(17)24-20)13-4-6-14(26)7-5-13/h3,8-11,13-14,26H,4-7H2,1-2H3,(H,22,23,24). The second-order valence-electron chi connectivity index (χ2n) is 7.56. The molecule has 0 unspecified atom stereocenters. The molecular formula is C20H23ClN4O2. The number of pyridine rings is 1. The van der Waals surface area contributed by atoms with Crippen molar-refractivity contribution >= 4 is 39.4 Å². The number of hydrogen-bond donors (Lipinski definition) is 2. The number of fused-ring (bicyclic) bond motifs is 3. The van der Waals surface area contributed by atoms with E-state index >= 15 is 0 Å². The van der Waals surface area contributed by atoms with Crippen molar-refractivity contribution in [2.75, 3.05) is 5.32 Å². The third-order valence-corrected chi connectivity index (χ3v) is 5.40. The zero-order valence-electron chi connectivity index (χ0n) is 15.4. The molecule has 1 fully saturated rings.